The first kappa shape index (κ1) is 16.8. The highest BCUT2D eigenvalue weighted by Gasteiger charge is 2.24. The molecule has 0 bridgehead atoms. The summed E-state index contributed by atoms with van der Waals surface area (Å²) in [6, 6.07) is 8.49. The molecule has 0 aliphatic rings. The Labute approximate surface area is 136 Å². The lowest BCUT2D eigenvalue weighted by molar-refractivity contribution is -0.120. The summed E-state index contributed by atoms with van der Waals surface area (Å²) >= 11 is 0. The number of anilines is 1. The molecule has 0 saturated heterocycles. The first-order valence-electron chi connectivity index (χ1n) is 7.16. The molecule has 1 aromatic heterocycles. The molecule has 6 heteroatoms. The number of rotatable bonds is 6. The smallest absolute Gasteiger partial charge is 0.246 e. The zero-order chi connectivity index (χ0) is 16.8. The average molecular weight is 315 g/mol. The van der Waals surface area contributed by atoms with E-state index in [4.69, 9.17) is 9.47 Å². The molecular formula is C17H21N3O3. The van der Waals surface area contributed by atoms with Gasteiger partial charge in [-0.2, -0.15) is 0 Å². The van der Waals surface area contributed by atoms with Crippen molar-refractivity contribution in [1.29, 1.82) is 0 Å². The summed E-state index contributed by atoms with van der Waals surface area (Å²) in [7, 11) is 6.83. The van der Waals surface area contributed by atoms with Crippen molar-refractivity contribution in [2.45, 2.75) is 6.04 Å². The topological polar surface area (TPSA) is 63.7 Å². The number of likely N-dealkylation sites (N-methyl/N-ethyl adjacent to an activating group) is 1. The minimum absolute atomic E-state index is 0.172. The van der Waals surface area contributed by atoms with Crippen molar-refractivity contribution < 1.29 is 14.3 Å². The molecule has 1 unspecified atom stereocenters. The minimum atomic E-state index is -0.459. The highest BCUT2D eigenvalue weighted by molar-refractivity contribution is 5.96. The van der Waals surface area contributed by atoms with Crippen LogP contribution >= 0.6 is 0 Å². The number of pyridine rings is 1. The van der Waals surface area contributed by atoms with E-state index >= 15 is 0 Å². The molecule has 0 fully saturated rings. The third kappa shape index (κ3) is 3.98. The lowest BCUT2D eigenvalue weighted by Crippen LogP contribution is -2.32. The van der Waals surface area contributed by atoms with E-state index in [2.05, 4.69) is 10.3 Å². The van der Waals surface area contributed by atoms with Gasteiger partial charge in [0.2, 0.25) is 5.91 Å². The quantitative estimate of drug-likeness (QED) is 0.886. The highest BCUT2D eigenvalue weighted by Crippen LogP contribution is 2.30. The summed E-state index contributed by atoms with van der Waals surface area (Å²) in [6.07, 6.45) is 3.37. The van der Waals surface area contributed by atoms with Crippen LogP contribution in [0, 0.1) is 0 Å². The second-order valence-electron chi connectivity index (χ2n) is 5.21. The summed E-state index contributed by atoms with van der Waals surface area (Å²) in [6.45, 7) is 0. The lowest BCUT2D eigenvalue weighted by Gasteiger charge is -2.24. The van der Waals surface area contributed by atoms with Crippen molar-refractivity contribution in [2.75, 3.05) is 33.6 Å². The number of hydrogen-bond acceptors (Lipinski definition) is 5. The summed E-state index contributed by atoms with van der Waals surface area (Å²) in [5.41, 5.74) is 1.38. The predicted octanol–water partition coefficient (Wildman–Crippen LogP) is 2.34. The van der Waals surface area contributed by atoms with E-state index in [9.17, 15) is 4.79 Å². The van der Waals surface area contributed by atoms with Crippen LogP contribution in [0.4, 0.5) is 5.69 Å². The van der Waals surface area contributed by atoms with Crippen LogP contribution in [-0.4, -0.2) is 44.1 Å². The summed E-state index contributed by atoms with van der Waals surface area (Å²) in [5.74, 6) is 1.04. The Morgan fingerprint density at radius 1 is 1.22 bits per heavy atom. The molecule has 0 spiro atoms. The Morgan fingerprint density at radius 2 is 2.00 bits per heavy atom. The molecule has 23 heavy (non-hydrogen) atoms. The van der Waals surface area contributed by atoms with E-state index in [1.54, 1.807) is 44.8 Å². The molecule has 2 rings (SSSR count). The lowest BCUT2D eigenvalue weighted by atomic mass is 10.1. The number of amides is 1. The van der Waals surface area contributed by atoms with Crippen molar-refractivity contribution in [2.24, 2.45) is 0 Å². The molecule has 6 nitrogen and oxygen atoms in total. The van der Waals surface area contributed by atoms with Gasteiger partial charge >= 0.3 is 0 Å². The molecule has 1 N–H and O–H groups in total. The molecule has 0 radical (unpaired) electrons. The van der Waals surface area contributed by atoms with Crippen molar-refractivity contribution in [1.82, 2.24) is 9.88 Å². The average Bonchev–Trinajstić information content (AvgIpc) is 2.55. The van der Waals surface area contributed by atoms with Gasteiger partial charge in [0.15, 0.2) is 0 Å². The van der Waals surface area contributed by atoms with Crippen LogP contribution in [0.15, 0.2) is 42.7 Å². The Morgan fingerprint density at radius 3 is 2.57 bits per heavy atom. The van der Waals surface area contributed by atoms with Gasteiger partial charge in [0.25, 0.3) is 0 Å². The third-order valence-corrected chi connectivity index (χ3v) is 3.43. The van der Waals surface area contributed by atoms with E-state index in [-0.39, 0.29) is 5.91 Å². The van der Waals surface area contributed by atoms with Crippen molar-refractivity contribution in [3.8, 4) is 11.5 Å². The first-order chi connectivity index (χ1) is 11.1. The van der Waals surface area contributed by atoms with Gasteiger partial charge in [0, 0.05) is 18.5 Å². The van der Waals surface area contributed by atoms with Crippen LogP contribution in [0.3, 0.4) is 0 Å². The molecule has 1 heterocycles. The number of benzene rings is 1. The van der Waals surface area contributed by atoms with E-state index in [0.717, 1.165) is 5.56 Å². The molecule has 1 amide bonds. The maximum atomic E-state index is 12.7. The fourth-order valence-electron chi connectivity index (χ4n) is 2.33. The van der Waals surface area contributed by atoms with Crippen molar-refractivity contribution >= 4 is 11.6 Å². The molecule has 0 aliphatic carbocycles. The number of carbonyl (C=O) groups is 1. The monoisotopic (exact) mass is 315 g/mol. The maximum absolute atomic E-state index is 12.7. The Hall–Kier alpha value is -2.60. The molecular weight excluding hydrogens is 294 g/mol. The Bertz CT molecular complexity index is 659. The van der Waals surface area contributed by atoms with Crippen LogP contribution in [0.2, 0.25) is 0 Å². The van der Waals surface area contributed by atoms with Crippen LogP contribution < -0.4 is 14.8 Å². The number of nitrogens with one attached hydrogen (secondary N) is 1. The van der Waals surface area contributed by atoms with Crippen LogP contribution in [0.1, 0.15) is 11.6 Å². The normalized spacial score (nSPS) is 11.9. The Balaban J connectivity index is 2.29. The standard InChI is InChI=1S/C17H21N3O3/c1-20(2)16(12-6-5-9-18-11-12)17(21)19-14-10-13(22-3)7-8-15(14)23-4/h5-11,16H,1-4H3,(H,19,21). The second-order valence-corrected chi connectivity index (χ2v) is 5.21. The predicted molar refractivity (Wildman–Crippen MR) is 88.8 cm³/mol. The Kier molecular flexibility index (Phi) is 5.54. The fourth-order valence-corrected chi connectivity index (χ4v) is 2.33. The number of carbonyl (C=O) groups excluding carboxylic acids is 1. The van der Waals surface area contributed by atoms with Crippen molar-refractivity contribution in [3.63, 3.8) is 0 Å². The zero-order valence-corrected chi connectivity index (χ0v) is 13.7. The first-order valence-corrected chi connectivity index (χ1v) is 7.16. The maximum Gasteiger partial charge on any atom is 0.246 e. The van der Waals surface area contributed by atoms with Crippen molar-refractivity contribution in [3.05, 3.63) is 48.3 Å². The van der Waals surface area contributed by atoms with Gasteiger partial charge in [-0.15, -0.1) is 0 Å². The number of ether oxygens (including phenoxy) is 2. The number of hydrogen-bond donors (Lipinski definition) is 1. The molecule has 2 aromatic rings. The fraction of sp³-hybridized carbons (Fsp3) is 0.294. The van der Waals surface area contributed by atoms with Gasteiger partial charge in [-0.05, 0) is 37.9 Å². The molecule has 0 saturated carbocycles. The van der Waals surface area contributed by atoms with Gasteiger partial charge in [-0.3, -0.25) is 14.7 Å². The zero-order valence-electron chi connectivity index (χ0n) is 13.7. The summed E-state index contributed by atoms with van der Waals surface area (Å²) < 4.78 is 10.5. The van der Waals surface area contributed by atoms with E-state index in [1.165, 1.54) is 0 Å². The third-order valence-electron chi connectivity index (χ3n) is 3.43. The number of methoxy groups -OCH3 is 2. The van der Waals surface area contributed by atoms with Gasteiger partial charge in [-0.25, -0.2) is 0 Å². The second kappa shape index (κ2) is 7.60. The van der Waals surface area contributed by atoms with Crippen LogP contribution in [0.25, 0.3) is 0 Å². The number of aromatic nitrogens is 1. The van der Waals surface area contributed by atoms with E-state index in [0.29, 0.717) is 17.2 Å². The minimum Gasteiger partial charge on any atom is -0.497 e. The van der Waals surface area contributed by atoms with Crippen LogP contribution in [0.5, 0.6) is 11.5 Å². The van der Waals surface area contributed by atoms with Gasteiger partial charge in [-0.1, -0.05) is 6.07 Å². The largest absolute Gasteiger partial charge is 0.497 e. The van der Waals surface area contributed by atoms with E-state index in [1.807, 2.05) is 31.1 Å². The van der Waals surface area contributed by atoms with Gasteiger partial charge in [0.05, 0.1) is 19.9 Å². The molecule has 122 valence electrons. The van der Waals surface area contributed by atoms with Crippen LogP contribution in [-0.2, 0) is 4.79 Å². The molecule has 1 aromatic carbocycles. The number of nitrogens with zero attached hydrogens (tertiary/aromatic N) is 2. The highest BCUT2D eigenvalue weighted by atomic mass is 16.5. The van der Waals surface area contributed by atoms with Gasteiger partial charge in [0.1, 0.15) is 17.5 Å². The van der Waals surface area contributed by atoms with Gasteiger partial charge < -0.3 is 14.8 Å². The summed E-state index contributed by atoms with van der Waals surface area (Å²) in [4.78, 5) is 18.7. The summed E-state index contributed by atoms with van der Waals surface area (Å²) in [5, 5.41) is 2.90. The SMILES string of the molecule is COc1ccc(OC)c(NC(=O)C(c2cccnc2)N(C)C)c1. The van der Waals surface area contributed by atoms with E-state index < -0.39 is 6.04 Å². The molecule has 1 atom stereocenters. The molecule has 0 aliphatic heterocycles.